The van der Waals surface area contributed by atoms with Crippen LogP contribution in [0.5, 0.6) is 0 Å². The number of allylic oxidation sites excluding steroid dienone is 1. The van der Waals surface area contributed by atoms with E-state index in [9.17, 15) is 4.79 Å². The van der Waals surface area contributed by atoms with Gasteiger partial charge in [-0.1, -0.05) is 12.2 Å². The van der Waals surface area contributed by atoms with Crippen LogP contribution in [0.25, 0.3) is 0 Å². The maximum Gasteiger partial charge on any atom is 0.315 e. The van der Waals surface area contributed by atoms with E-state index < -0.39 is 0 Å². The Morgan fingerprint density at radius 2 is 2.42 bits per heavy atom. The largest absolute Gasteiger partial charge is 0.351 e. The van der Waals surface area contributed by atoms with Crippen molar-refractivity contribution in [3.05, 3.63) is 12.2 Å². The molecule has 2 bridgehead atoms. The second-order valence-corrected chi connectivity index (χ2v) is 3.63. The highest BCUT2D eigenvalue weighted by atomic mass is 16.2. The second-order valence-electron chi connectivity index (χ2n) is 3.63. The van der Waals surface area contributed by atoms with Crippen LogP contribution in [0.4, 0.5) is 4.79 Å². The van der Waals surface area contributed by atoms with E-state index in [4.69, 9.17) is 5.73 Å². The summed E-state index contributed by atoms with van der Waals surface area (Å²) >= 11 is 0. The lowest BCUT2D eigenvalue weighted by molar-refractivity contribution is 0.141. The number of urea groups is 1. The lowest BCUT2D eigenvalue weighted by Crippen LogP contribution is -2.49. The van der Waals surface area contributed by atoms with Crippen molar-refractivity contribution in [2.75, 3.05) is 6.54 Å². The number of nitrogens with two attached hydrogens (primary N) is 1. The van der Waals surface area contributed by atoms with Crippen LogP contribution < -0.4 is 5.73 Å². The van der Waals surface area contributed by atoms with Crippen LogP contribution in [-0.2, 0) is 0 Å². The zero-order chi connectivity index (χ0) is 8.55. The van der Waals surface area contributed by atoms with Gasteiger partial charge in [0.15, 0.2) is 0 Å². The number of carbonyl (C=O) groups excluding carboxylic acids is 1. The van der Waals surface area contributed by atoms with Gasteiger partial charge in [-0.3, -0.25) is 0 Å². The summed E-state index contributed by atoms with van der Waals surface area (Å²) < 4.78 is 0. The fourth-order valence-electron chi connectivity index (χ4n) is 2.20. The average molecular weight is 166 g/mol. The van der Waals surface area contributed by atoms with Gasteiger partial charge >= 0.3 is 6.03 Å². The first-order chi connectivity index (χ1) is 5.77. The van der Waals surface area contributed by atoms with Gasteiger partial charge in [0.25, 0.3) is 0 Å². The molecule has 1 fully saturated rings. The van der Waals surface area contributed by atoms with Crippen molar-refractivity contribution in [1.29, 1.82) is 0 Å². The van der Waals surface area contributed by atoms with Gasteiger partial charge in [0.1, 0.15) is 0 Å². The Morgan fingerprint density at radius 3 is 3.17 bits per heavy atom. The molecule has 1 aliphatic carbocycles. The molecule has 2 rings (SSSR count). The van der Waals surface area contributed by atoms with Crippen molar-refractivity contribution in [3.63, 3.8) is 0 Å². The minimum absolute atomic E-state index is 0.256. The molecule has 0 spiro atoms. The highest BCUT2D eigenvalue weighted by Gasteiger charge is 2.30. The van der Waals surface area contributed by atoms with Crippen LogP contribution in [-0.4, -0.2) is 23.5 Å². The summed E-state index contributed by atoms with van der Waals surface area (Å²) in [5.74, 6) is 0.694. The zero-order valence-corrected chi connectivity index (χ0v) is 7.07. The molecule has 0 aromatic heterocycles. The molecule has 1 aliphatic heterocycles. The number of piperidine rings is 1. The molecule has 3 nitrogen and oxygen atoms in total. The molecule has 66 valence electrons. The number of primary amides is 1. The van der Waals surface area contributed by atoms with Gasteiger partial charge in [-0.25, -0.2) is 4.79 Å². The SMILES string of the molecule is NC(=O)N1CC[C@@H]2C=CC[C@H]1C2. The molecular formula is C9H14N2O. The van der Waals surface area contributed by atoms with Crippen LogP contribution in [0.1, 0.15) is 19.3 Å². The fourth-order valence-corrected chi connectivity index (χ4v) is 2.20. The Morgan fingerprint density at radius 1 is 1.58 bits per heavy atom. The van der Waals surface area contributed by atoms with E-state index in [-0.39, 0.29) is 6.03 Å². The van der Waals surface area contributed by atoms with Crippen LogP contribution in [0.15, 0.2) is 12.2 Å². The normalized spacial score (nSPS) is 33.5. The molecule has 3 heteroatoms. The van der Waals surface area contributed by atoms with E-state index in [1.807, 2.05) is 0 Å². The van der Waals surface area contributed by atoms with Crippen molar-refractivity contribution >= 4 is 6.03 Å². The van der Waals surface area contributed by atoms with Crippen molar-refractivity contribution in [2.24, 2.45) is 11.7 Å². The lowest BCUT2D eigenvalue weighted by atomic mass is 9.85. The van der Waals surface area contributed by atoms with Gasteiger partial charge in [0.2, 0.25) is 0 Å². The summed E-state index contributed by atoms with van der Waals surface area (Å²) in [6.07, 6.45) is 7.62. The summed E-state index contributed by atoms with van der Waals surface area (Å²) in [5.41, 5.74) is 5.27. The van der Waals surface area contributed by atoms with Crippen molar-refractivity contribution in [1.82, 2.24) is 4.90 Å². The zero-order valence-electron chi connectivity index (χ0n) is 7.07. The fraction of sp³-hybridized carbons (Fsp3) is 0.667. The predicted octanol–water partition coefficient (Wildman–Crippen LogP) is 1.11. The van der Waals surface area contributed by atoms with Crippen molar-refractivity contribution in [2.45, 2.75) is 25.3 Å². The molecule has 1 saturated heterocycles. The first-order valence-corrected chi connectivity index (χ1v) is 4.50. The molecule has 1 heterocycles. The number of fused-ring (bicyclic) bond motifs is 2. The van der Waals surface area contributed by atoms with E-state index in [0.717, 1.165) is 25.8 Å². The van der Waals surface area contributed by atoms with Crippen molar-refractivity contribution < 1.29 is 4.79 Å². The number of rotatable bonds is 0. The summed E-state index contributed by atoms with van der Waals surface area (Å²) in [6.45, 7) is 0.842. The van der Waals surface area contributed by atoms with Gasteiger partial charge in [-0.2, -0.15) is 0 Å². The topological polar surface area (TPSA) is 46.3 Å². The molecule has 0 unspecified atom stereocenters. The third-order valence-corrected chi connectivity index (χ3v) is 2.86. The molecule has 0 saturated carbocycles. The minimum Gasteiger partial charge on any atom is -0.351 e. The van der Waals surface area contributed by atoms with Gasteiger partial charge in [0.05, 0.1) is 0 Å². The maximum atomic E-state index is 11.0. The molecule has 2 atom stereocenters. The Labute approximate surface area is 72.2 Å². The quantitative estimate of drug-likeness (QED) is 0.538. The van der Waals surface area contributed by atoms with E-state index in [0.29, 0.717) is 12.0 Å². The molecule has 0 aromatic rings. The number of amides is 2. The molecule has 2 amide bonds. The molecule has 0 aromatic carbocycles. The Bertz CT molecular complexity index is 225. The highest BCUT2D eigenvalue weighted by Crippen LogP contribution is 2.29. The highest BCUT2D eigenvalue weighted by molar-refractivity contribution is 5.72. The third kappa shape index (κ3) is 1.19. The maximum absolute atomic E-state index is 11.0. The summed E-state index contributed by atoms with van der Waals surface area (Å²) in [4.78, 5) is 12.8. The van der Waals surface area contributed by atoms with E-state index in [1.54, 1.807) is 4.90 Å². The standard InChI is InChI=1S/C9H14N2O/c10-9(12)11-5-4-7-2-1-3-8(11)6-7/h1-2,7-8H,3-6H2,(H2,10,12)/t7-,8-/m0/s1. The number of likely N-dealkylation sites (tertiary alicyclic amines) is 1. The average Bonchev–Trinajstić information content (AvgIpc) is 2.04. The number of carbonyl (C=O) groups is 1. The number of nitrogens with zero attached hydrogens (tertiary/aromatic N) is 1. The van der Waals surface area contributed by atoms with Gasteiger partial charge < -0.3 is 10.6 Å². The Hall–Kier alpha value is -0.990. The summed E-state index contributed by atoms with van der Waals surface area (Å²) in [6, 6.07) is 0.125. The van der Waals surface area contributed by atoms with Crippen LogP contribution >= 0.6 is 0 Å². The van der Waals surface area contributed by atoms with Gasteiger partial charge in [-0.05, 0) is 25.2 Å². The Balaban J connectivity index is 2.11. The first kappa shape index (κ1) is 7.65. The van der Waals surface area contributed by atoms with Gasteiger partial charge in [-0.15, -0.1) is 0 Å². The number of hydrogen-bond acceptors (Lipinski definition) is 1. The smallest absolute Gasteiger partial charge is 0.315 e. The predicted molar refractivity (Wildman–Crippen MR) is 46.6 cm³/mol. The Kier molecular flexibility index (Phi) is 1.79. The van der Waals surface area contributed by atoms with Crippen LogP contribution in [0, 0.1) is 5.92 Å². The lowest BCUT2D eigenvalue weighted by Gasteiger charge is -2.39. The minimum atomic E-state index is -0.256. The molecule has 12 heavy (non-hydrogen) atoms. The van der Waals surface area contributed by atoms with E-state index in [2.05, 4.69) is 12.2 Å². The van der Waals surface area contributed by atoms with Crippen molar-refractivity contribution in [3.8, 4) is 0 Å². The molecular weight excluding hydrogens is 152 g/mol. The van der Waals surface area contributed by atoms with Crippen LogP contribution in [0.3, 0.4) is 0 Å². The first-order valence-electron chi connectivity index (χ1n) is 4.50. The molecule has 0 radical (unpaired) electrons. The van der Waals surface area contributed by atoms with Gasteiger partial charge in [0, 0.05) is 12.6 Å². The summed E-state index contributed by atoms with van der Waals surface area (Å²) in [7, 11) is 0. The monoisotopic (exact) mass is 166 g/mol. The van der Waals surface area contributed by atoms with Crippen LogP contribution in [0.2, 0.25) is 0 Å². The third-order valence-electron chi connectivity index (χ3n) is 2.86. The molecule has 2 N–H and O–H groups in total. The summed E-state index contributed by atoms with van der Waals surface area (Å²) in [5, 5.41) is 0. The number of hydrogen-bond donors (Lipinski definition) is 1. The molecule has 2 aliphatic rings. The van der Waals surface area contributed by atoms with E-state index in [1.165, 1.54) is 0 Å². The van der Waals surface area contributed by atoms with E-state index >= 15 is 0 Å². The second kappa shape index (κ2) is 2.81.